The molecular formula is C36H42ClFN2O4S. The second-order valence-electron chi connectivity index (χ2n) is 12.2. The van der Waals surface area contributed by atoms with Gasteiger partial charge in [0.1, 0.15) is 5.82 Å². The second kappa shape index (κ2) is 14.5. The van der Waals surface area contributed by atoms with Gasteiger partial charge in [-0.15, -0.1) is 0 Å². The minimum atomic E-state index is -3.83. The quantitative estimate of drug-likeness (QED) is 0.165. The fraction of sp³-hybridized carbons (Fsp3) is 0.417. The molecule has 240 valence electrons. The number of likely N-dealkylation sites (tertiary alicyclic amines) is 1. The number of nitrogens with zero attached hydrogens (tertiary/aromatic N) is 2. The van der Waals surface area contributed by atoms with Crippen molar-refractivity contribution in [2.24, 2.45) is 11.8 Å². The first-order chi connectivity index (χ1) is 21.6. The number of aryl methyl sites for hydroxylation is 1. The Balaban J connectivity index is 1.36. The van der Waals surface area contributed by atoms with Crippen LogP contribution in [-0.4, -0.2) is 52.1 Å². The molecule has 5 rings (SSSR count). The van der Waals surface area contributed by atoms with Crippen LogP contribution in [0.25, 0.3) is 11.6 Å². The number of halogens is 2. The maximum absolute atomic E-state index is 14.6. The van der Waals surface area contributed by atoms with Gasteiger partial charge in [-0.25, -0.2) is 12.8 Å². The molecule has 0 unspecified atom stereocenters. The highest BCUT2D eigenvalue weighted by Gasteiger charge is 2.34. The summed E-state index contributed by atoms with van der Waals surface area (Å²) in [5.41, 5.74) is 4.30. The van der Waals surface area contributed by atoms with Crippen LogP contribution >= 0.6 is 11.6 Å². The van der Waals surface area contributed by atoms with E-state index in [9.17, 15) is 17.6 Å². The van der Waals surface area contributed by atoms with Crippen molar-refractivity contribution in [2.75, 3.05) is 37.1 Å². The summed E-state index contributed by atoms with van der Waals surface area (Å²) in [6.45, 7) is 9.01. The Morgan fingerprint density at radius 1 is 1.09 bits per heavy atom. The van der Waals surface area contributed by atoms with Gasteiger partial charge in [0.15, 0.2) is 0 Å². The molecule has 0 amide bonds. The maximum Gasteiger partial charge on any atom is 0.309 e. The molecule has 0 aromatic heterocycles. The van der Waals surface area contributed by atoms with Gasteiger partial charge in [0.25, 0.3) is 10.0 Å². The lowest BCUT2D eigenvalue weighted by molar-refractivity contribution is -0.149. The number of esters is 1. The topological polar surface area (TPSA) is 66.9 Å². The molecule has 0 saturated carbocycles. The van der Waals surface area contributed by atoms with Crippen LogP contribution in [0.4, 0.5) is 10.1 Å². The van der Waals surface area contributed by atoms with Crippen molar-refractivity contribution < 1.29 is 22.3 Å². The Kier molecular flexibility index (Phi) is 10.7. The molecule has 0 radical (unpaired) electrons. The zero-order valence-electron chi connectivity index (χ0n) is 26.3. The average molecular weight is 653 g/mol. The third-order valence-corrected chi connectivity index (χ3v) is 11.0. The second-order valence-corrected chi connectivity index (χ2v) is 14.5. The van der Waals surface area contributed by atoms with Crippen molar-refractivity contribution in [3.05, 3.63) is 93.8 Å². The molecule has 2 aliphatic rings. The smallest absolute Gasteiger partial charge is 0.309 e. The number of benzene rings is 3. The van der Waals surface area contributed by atoms with Gasteiger partial charge in [0, 0.05) is 12.1 Å². The highest BCUT2D eigenvalue weighted by atomic mass is 35.5. The predicted octanol–water partition coefficient (Wildman–Crippen LogP) is 7.77. The van der Waals surface area contributed by atoms with Crippen molar-refractivity contribution in [2.45, 2.75) is 57.8 Å². The molecule has 45 heavy (non-hydrogen) atoms. The Morgan fingerprint density at radius 3 is 2.56 bits per heavy atom. The molecule has 0 spiro atoms. The number of hydrogen-bond donors (Lipinski definition) is 0. The van der Waals surface area contributed by atoms with E-state index < -0.39 is 15.8 Å². The van der Waals surface area contributed by atoms with Crippen molar-refractivity contribution >= 4 is 44.9 Å². The standard InChI is InChI=1S/C36H42ClFN2O4S/c1-4-44-36(41)29-15-18-39(19-16-29)17-7-9-28-22-30-14-13-27(21-26(3)35-32(37)11-6-12-33(35)38)23-34(30)40(24-28)45(42,43)31-10-5-8-25(2)20-31/h5-6,8,10-14,20-21,23,28-29H,4,7,9,15-19,22,24H2,1-3H3/b26-21+/t28-/m1/s1. The third-order valence-electron chi connectivity index (χ3n) is 8.92. The van der Waals surface area contributed by atoms with Crippen LogP contribution in [0.1, 0.15) is 61.8 Å². The van der Waals surface area contributed by atoms with Crippen LogP contribution in [0, 0.1) is 24.6 Å². The average Bonchev–Trinajstić information content (AvgIpc) is 3.01. The van der Waals surface area contributed by atoms with Crippen LogP contribution in [0.2, 0.25) is 5.02 Å². The molecule has 0 aliphatic carbocycles. The van der Waals surface area contributed by atoms with Crippen molar-refractivity contribution in [3.63, 3.8) is 0 Å². The van der Waals surface area contributed by atoms with Crippen molar-refractivity contribution in [1.29, 1.82) is 0 Å². The number of anilines is 1. The van der Waals surface area contributed by atoms with Crippen LogP contribution in [-0.2, 0) is 26.0 Å². The molecule has 2 heterocycles. The number of carbonyl (C=O) groups is 1. The molecule has 3 aromatic carbocycles. The molecule has 0 bridgehead atoms. The molecular weight excluding hydrogens is 611 g/mol. The van der Waals surface area contributed by atoms with E-state index in [0.29, 0.717) is 35.0 Å². The van der Waals surface area contributed by atoms with E-state index in [4.69, 9.17) is 16.3 Å². The number of sulfonamides is 1. The Bertz CT molecular complexity index is 1650. The van der Waals surface area contributed by atoms with Gasteiger partial charge < -0.3 is 9.64 Å². The van der Waals surface area contributed by atoms with E-state index in [0.717, 1.165) is 68.4 Å². The summed E-state index contributed by atoms with van der Waals surface area (Å²) in [7, 11) is -3.83. The molecule has 0 N–H and O–H groups in total. The summed E-state index contributed by atoms with van der Waals surface area (Å²) in [5.74, 6) is -0.333. The van der Waals surface area contributed by atoms with E-state index in [1.54, 1.807) is 41.6 Å². The van der Waals surface area contributed by atoms with Gasteiger partial charge in [0.2, 0.25) is 0 Å². The van der Waals surface area contributed by atoms with Gasteiger partial charge in [-0.1, -0.05) is 48.0 Å². The normalized spacial score (nSPS) is 18.1. The summed E-state index contributed by atoms with van der Waals surface area (Å²) in [6.07, 6.45) is 6.10. The lowest BCUT2D eigenvalue weighted by Crippen LogP contribution is -2.41. The number of rotatable bonds is 10. The lowest BCUT2D eigenvalue weighted by atomic mass is 9.89. The minimum absolute atomic E-state index is 0.0105. The fourth-order valence-electron chi connectivity index (χ4n) is 6.56. The summed E-state index contributed by atoms with van der Waals surface area (Å²) in [6, 6.07) is 17.5. The molecule has 3 aromatic rings. The zero-order valence-corrected chi connectivity index (χ0v) is 27.8. The van der Waals surface area contributed by atoms with E-state index in [1.807, 2.05) is 44.2 Å². The van der Waals surface area contributed by atoms with Gasteiger partial charge in [-0.3, -0.25) is 9.10 Å². The summed E-state index contributed by atoms with van der Waals surface area (Å²) in [4.78, 5) is 14.8. The van der Waals surface area contributed by atoms with E-state index >= 15 is 0 Å². The number of fused-ring (bicyclic) bond motifs is 1. The Hall–Kier alpha value is -3.20. The molecule has 1 fully saturated rings. The number of carbonyl (C=O) groups excluding carboxylic acids is 1. The largest absolute Gasteiger partial charge is 0.466 e. The fourth-order valence-corrected chi connectivity index (χ4v) is 8.55. The minimum Gasteiger partial charge on any atom is -0.466 e. The van der Waals surface area contributed by atoms with Crippen LogP contribution in [0.15, 0.2) is 65.6 Å². The zero-order chi connectivity index (χ0) is 32.1. The SMILES string of the molecule is CCOC(=O)C1CCN(CCC[C@@H]2Cc3ccc(/C=C(\C)c4c(F)cccc4Cl)cc3N(S(=O)(=O)c3cccc(C)c3)C2)CC1. The molecule has 9 heteroatoms. The summed E-state index contributed by atoms with van der Waals surface area (Å²) >= 11 is 6.32. The first kappa shape index (κ1) is 33.2. The summed E-state index contributed by atoms with van der Waals surface area (Å²) < 4.78 is 49.7. The number of hydrogen-bond acceptors (Lipinski definition) is 5. The first-order valence-electron chi connectivity index (χ1n) is 15.8. The molecule has 1 atom stereocenters. The lowest BCUT2D eigenvalue weighted by Gasteiger charge is -2.36. The van der Waals surface area contributed by atoms with Gasteiger partial charge in [-0.05, 0) is 131 Å². The molecule has 6 nitrogen and oxygen atoms in total. The van der Waals surface area contributed by atoms with E-state index in [2.05, 4.69) is 4.90 Å². The Morgan fingerprint density at radius 2 is 1.84 bits per heavy atom. The maximum atomic E-state index is 14.6. The summed E-state index contributed by atoms with van der Waals surface area (Å²) in [5, 5.41) is 0.330. The first-order valence-corrected chi connectivity index (χ1v) is 17.6. The van der Waals surface area contributed by atoms with E-state index in [1.165, 1.54) is 6.07 Å². The number of allylic oxidation sites excluding steroid dienone is 1. The Labute approximate surface area is 271 Å². The van der Waals surface area contributed by atoms with E-state index in [-0.39, 0.29) is 22.7 Å². The van der Waals surface area contributed by atoms with Gasteiger partial charge in [0.05, 0.1) is 28.1 Å². The molecule has 2 aliphatic heterocycles. The van der Waals surface area contributed by atoms with Crippen molar-refractivity contribution in [1.82, 2.24) is 4.90 Å². The number of piperidine rings is 1. The number of ether oxygens (including phenoxy) is 1. The third kappa shape index (κ3) is 7.79. The van der Waals surface area contributed by atoms with Crippen LogP contribution in [0.3, 0.4) is 0 Å². The van der Waals surface area contributed by atoms with Crippen molar-refractivity contribution in [3.8, 4) is 0 Å². The highest BCUT2D eigenvalue weighted by Crippen LogP contribution is 2.38. The van der Waals surface area contributed by atoms with Crippen LogP contribution in [0.5, 0.6) is 0 Å². The van der Waals surface area contributed by atoms with Gasteiger partial charge >= 0.3 is 5.97 Å². The highest BCUT2D eigenvalue weighted by molar-refractivity contribution is 7.92. The van der Waals surface area contributed by atoms with Crippen LogP contribution < -0.4 is 4.31 Å². The van der Waals surface area contributed by atoms with Gasteiger partial charge in [-0.2, -0.15) is 0 Å². The predicted molar refractivity (Wildman–Crippen MR) is 179 cm³/mol. The monoisotopic (exact) mass is 652 g/mol. The molecule has 1 saturated heterocycles.